The average molecular weight is 309 g/mol. The Morgan fingerprint density at radius 3 is 2.40 bits per heavy atom. The van der Waals surface area contributed by atoms with Crippen LogP contribution in [0.15, 0.2) is 53.4 Å². The van der Waals surface area contributed by atoms with Gasteiger partial charge in [-0.2, -0.15) is 0 Å². The molecule has 0 aliphatic carbocycles. The van der Waals surface area contributed by atoms with Crippen LogP contribution in [0.2, 0.25) is 5.02 Å². The molecule has 5 heteroatoms. The summed E-state index contributed by atoms with van der Waals surface area (Å²) in [4.78, 5) is 11.7. The van der Waals surface area contributed by atoms with Gasteiger partial charge in [0.15, 0.2) is 0 Å². The molecule has 1 unspecified atom stereocenters. The average Bonchev–Trinajstić information content (AvgIpc) is 2.41. The lowest BCUT2D eigenvalue weighted by molar-refractivity contribution is -0.137. The molecule has 0 fully saturated rings. The Morgan fingerprint density at radius 2 is 1.80 bits per heavy atom. The molecule has 0 aromatic heterocycles. The number of para-hydroxylation sites is 1. The van der Waals surface area contributed by atoms with Crippen LogP contribution in [-0.4, -0.2) is 16.2 Å². The van der Waals surface area contributed by atoms with Crippen molar-refractivity contribution in [2.45, 2.75) is 16.6 Å². The summed E-state index contributed by atoms with van der Waals surface area (Å²) in [6.07, 6.45) is -0.0271. The molecule has 2 N–H and O–H groups in total. The van der Waals surface area contributed by atoms with E-state index in [4.69, 9.17) is 16.7 Å². The van der Waals surface area contributed by atoms with Gasteiger partial charge in [-0.3, -0.25) is 4.79 Å². The molecular formula is C15H13ClO3S. The lowest BCUT2D eigenvalue weighted by Gasteiger charge is -2.16. The molecule has 0 spiro atoms. The summed E-state index contributed by atoms with van der Waals surface area (Å²) in [5.74, 6) is -0.727. The molecule has 20 heavy (non-hydrogen) atoms. The maximum atomic E-state index is 11.0. The molecule has 0 aliphatic heterocycles. The second-order valence-electron chi connectivity index (χ2n) is 4.22. The molecule has 104 valence electrons. The molecular weight excluding hydrogens is 296 g/mol. The van der Waals surface area contributed by atoms with Crippen LogP contribution in [0.4, 0.5) is 0 Å². The second-order valence-corrected chi connectivity index (χ2v) is 5.90. The molecule has 0 saturated carbocycles. The molecule has 0 heterocycles. The lowest BCUT2D eigenvalue weighted by Crippen LogP contribution is -2.03. The minimum absolute atomic E-state index is 0.0271. The second kappa shape index (κ2) is 6.68. The topological polar surface area (TPSA) is 57.5 Å². The van der Waals surface area contributed by atoms with Gasteiger partial charge in [0.25, 0.3) is 0 Å². The predicted octanol–water partition coefficient (Wildman–Crippen LogP) is 4.35. The molecule has 3 nitrogen and oxygen atoms in total. The summed E-state index contributed by atoms with van der Waals surface area (Å²) in [6, 6.07) is 14.0. The first-order valence-corrected chi connectivity index (χ1v) is 7.24. The number of phenolic OH excluding ortho intramolecular Hbond substituents is 1. The smallest absolute Gasteiger partial charge is 0.304 e. The van der Waals surface area contributed by atoms with E-state index in [-0.39, 0.29) is 17.4 Å². The number of aromatic hydroxyl groups is 1. The van der Waals surface area contributed by atoms with Gasteiger partial charge in [0.1, 0.15) is 5.75 Å². The first-order valence-electron chi connectivity index (χ1n) is 5.98. The summed E-state index contributed by atoms with van der Waals surface area (Å²) in [5.41, 5.74) is 0.866. The van der Waals surface area contributed by atoms with E-state index in [0.717, 1.165) is 5.56 Å². The maximum Gasteiger partial charge on any atom is 0.304 e. The predicted molar refractivity (Wildman–Crippen MR) is 80.4 cm³/mol. The fourth-order valence-electron chi connectivity index (χ4n) is 1.77. The Kier molecular flexibility index (Phi) is 4.93. The zero-order chi connectivity index (χ0) is 14.5. The van der Waals surface area contributed by atoms with Crippen molar-refractivity contribution < 1.29 is 15.0 Å². The number of carboxylic acid groups (broad SMARTS) is 1. The Balaban J connectivity index is 2.26. The van der Waals surface area contributed by atoms with Crippen molar-refractivity contribution in [1.29, 1.82) is 0 Å². The molecule has 0 bridgehead atoms. The van der Waals surface area contributed by atoms with E-state index in [2.05, 4.69) is 0 Å². The molecule has 0 saturated heterocycles. The van der Waals surface area contributed by atoms with Gasteiger partial charge in [-0.25, -0.2) is 0 Å². The first-order chi connectivity index (χ1) is 9.56. The van der Waals surface area contributed by atoms with Crippen molar-refractivity contribution in [3.63, 3.8) is 0 Å². The van der Waals surface area contributed by atoms with Gasteiger partial charge in [-0.1, -0.05) is 35.9 Å². The summed E-state index contributed by atoms with van der Waals surface area (Å²) >= 11 is 7.17. The third-order valence-electron chi connectivity index (χ3n) is 2.74. The molecule has 2 rings (SSSR count). The van der Waals surface area contributed by atoms with Gasteiger partial charge < -0.3 is 10.2 Å². The number of hydrogen-bond donors (Lipinski definition) is 2. The van der Waals surface area contributed by atoms with Crippen molar-refractivity contribution >= 4 is 29.3 Å². The fraction of sp³-hybridized carbons (Fsp3) is 0.133. The number of hydrogen-bond acceptors (Lipinski definition) is 3. The highest BCUT2D eigenvalue weighted by atomic mass is 35.5. The monoisotopic (exact) mass is 308 g/mol. The third kappa shape index (κ3) is 3.92. The van der Waals surface area contributed by atoms with E-state index in [0.29, 0.717) is 9.92 Å². The third-order valence-corrected chi connectivity index (χ3v) is 4.31. The van der Waals surface area contributed by atoms with Gasteiger partial charge in [0.05, 0.1) is 6.42 Å². The van der Waals surface area contributed by atoms with Crippen LogP contribution in [0.25, 0.3) is 0 Å². The largest absolute Gasteiger partial charge is 0.507 e. The van der Waals surface area contributed by atoms with E-state index in [1.807, 2.05) is 18.2 Å². The molecule has 2 aromatic carbocycles. The van der Waals surface area contributed by atoms with E-state index in [9.17, 15) is 9.90 Å². The Bertz CT molecular complexity index is 598. The highest BCUT2D eigenvalue weighted by Gasteiger charge is 2.18. The summed E-state index contributed by atoms with van der Waals surface area (Å²) in [6.45, 7) is 0. The van der Waals surface area contributed by atoms with Gasteiger partial charge >= 0.3 is 5.97 Å². The molecule has 2 aromatic rings. The lowest BCUT2D eigenvalue weighted by atomic mass is 10.1. The van der Waals surface area contributed by atoms with Crippen LogP contribution in [0, 0.1) is 0 Å². The zero-order valence-corrected chi connectivity index (χ0v) is 12.1. The number of thioether (sulfide) groups is 1. The van der Waals surface area contributed by atoms with Crippen LogP contribution in [0.1, 0.15) is 17.2 Å². The van der Waals surface area contributed by atoms with Crippen molar-refractivity contribution in [3.8, 4) is 5.75 Å². The minimum atomic E-state index is -0.882. The van der Waals surface area contributed by atoms with Crippen molar-refractivity contribution in [3.05, 3.63) is 59.1 Å². The van der Waals surface area contributed by atoms with Gasteiger partial charge in [-0.15, -0.1) is 11.8 Å². The number of carbonyl (C=O) groups is 1. The summed E-state index contributed by atoms with van der Waals surface area (Å²) in [5, 5.41) is 19.2. The van der Waals surface area contributed by atoms with Crippen LogP contribution in [-0.2, 0) is 4.79 Å². The fourth-order valence-corrected chi connectivity index (χ4v) is 3.07. The number of aliphatic carboxylic acids is 1. The zero-order valence-electron chi connectivity index (χ0n) is 10.5. The van der Waals surface area contributed by atoms with Crippen LogP contribution in [0.3, 0.4) is 0 Å². The van der Waals surface area contributed by atoms with Crippen molar-refractivity contribution in [2.75, 3.05) is 0 Å². The summed E-state index contributed by atoms with van der Waals surface area (Å²) in [7, 11) is 0. The Hall–Kier alpha value is -1.65. The number of rotatable bonds is 5. The van der Waals surface area contributed by atoms with Crippen LogP contribution < -0.4 is 0 Å². The van der Waals surface area contributed by atoms with E-state index in [1.54, 1.807) is 30.3 Å². The molecule has 0 aliphatic rings. The standard InChI is InChI=1S/C15H13ClO3S/c16-11-7-5-10(6-8-11)14(9-15(18)19)20-13-4-2-1-3-12(13)17/h1-8,14,17H,9H2,(H,18,19). The quantitative estimate of drug-likeness (QED) is 0.806. The highest BCUT2D eigenvalue weighted by Crippen LogP contribution is 2.41. The van der Waals surface area contributed by atoms with Crippen LogP contribution >= 0.6 is 23.4 Å². The van der Waals surface area contributed by atoms with Crippen molar-refractivity contribution in [2.24, 2.45) is 0 Å². The van der Waals surface area contributed by atoms with Gasteiger partial charge in [-0.05, 0) is 29.8 Å². The van der Waals surface area contributed by atoms with Gasteiger partial charge in [0.2, 0.25) is 0 Å². The first kappa shape index (κ1) is 14.8. The number of halogens is 1. The Labute approximate surface area is 126 Å². The highest BCUT2D eigenvalue weighted by molar-refractivity contribution is 7.99. The van der Waals surface area contributed by atoms with E-state index < -0.39 is 5.97 Å². The number of phenols is 1. The normalized spacial score (nSPS) is 12.1. The Morgan fingerprint density at radius 1 is 1.15 bits per heavy atom. The van der Waals surface area contributed by atoms with Crippen molar-refractivity contribution in [1.82, 2.24) is 0 Å². The van der Waals surface area contributed by atoms with E-state index >= 15 is 0 Å². The summed E-state index contributed by atoms with van der Waals surface area (Å²) < 4.78 is 0. The van der Waals surface area contributed by atoms with E-state index in [1.165, 1.54) is 11.8 Å². The minimum Gasteiger partial charge on any atom is -0.507 e. The van der Waals surface area contributed by atoms with Gasteiger partial charge in [0, 0.05) is 15.2 Å². The maximum absolute atomic E-state index is 11.0. The SMILES string of the molecule is O=C(O)CC(Sc1ccccc1O)c1ccc(Cl)cc1. The number of benzene rings is 2. The molecule has 0 radical (unpaired) electrons. The molecule has 0 amide bonds. The molecule has 1 atom stereocenters. The van der Waals surface area contributed by atoms with Crippen LogP contribution in [0.5, 0.6) is 5.75 Å². The number of carboxylic acids is 1.